The number of nitrogens with one attached hydrogen (secondary N) is 1. The number of benzene rings is 2. The Morgan fingerprint density at radius 2 is 1.62 bits per heavy atom. The summed E-state index contributed by atoms with van der Waals surface area (Å²) in [5, 5.41) is 11.6. The number of anilines is 1. The Labute approximate surface area is 153 Å². The van der Waals surface area contributed by atoms with Gasteiger partial charge in [0.15, 0.2) is 0 Å². The molecule has 0 aliphatic carbocycles. The lowest BCUT2D eigenvalue weighted by Gasteiger charge is -2.17. The van der Waals surface area contributed by atoms with Gasteiger partial charge in [0.1, 0.15) is 0 Å². The molecular formula is C19H21N2O4P. The van der Waals surface area contributed by atoms with Crippen molar-refractivity contribution in [1.82, 2.24) is 0 Å². The predicted molar refractivity (Wildman–Crippen MR) is 100 cm³/mol. The first-order chi connectivity index (χ1) is 12.5. The highest BCUT2D eigenvalue weighted by Crippen LogP contribution is 2.51. The van der Waals surface area contributed by atoms with E-state index in [9.17, 15) is 9.36 Å². The Morgan fingerprint density at radius 1 is 1.04 bits per heavy atom. The van der Waals surface area contributed by atoms with E-state index in [2.05, 4.69) is 5.32 Å². The maximum atomic E-state index is 12.5. The third-order valence-electron chi connectivity index (χ3n) is 3.52. The van der Waals surface area contributed by atoms with E-state index in [0.717, 1.165) is 5.56 Å². The molecule has 2 rings (SSSR count). The molecule has 0 aromatic heterocycles. The molecule has 1 N–H and O–H groups in total. The molecule has 0 atom stereocenters. The molecule has 0 aliphatic heterocycles. The van der Waals surface area contributed by atoms with Gasteiger partial charge in [0, 0.05) is 11.3 Å². The van der Waals surface area contributed by atoms with Gasteiger partial charge in [0.25, 0.3) is 5.91 Å². The lowest BCUT2D eigenvalue weighted by atomic mass is 10.1. The highest BCUT2D eigenvalue weighted by molar-refractivity contribution is 7.53. The molecule has 7 heteroatoms. The summed E-state index contributed by atoms with van der Waals surface area (Å²) in [5.74, 6) is -0.265. The highest BCUT2D eigenvalue weighted by atomic mass is 31.2. The fraction of sp³-hybridized carbons (Fsp3) is 0.263. The van der Waals surface area contributed by atoms with Crippen LogP contribution < -0.4 is 5.32 Å². The second-order valence-corrected chi connectivity index (χ2v) is 7.50. The Hall–Kier alpha value is -2.45. The fourth-order valence-electron chi connectivity index (χ4n) is 2.34. The van der Waals surface area contributed by atoms with Crippen LogP contribution in [0.25, 0.3) is 0 Å². The molecule has 6 nitrogen and oxygen atoms in total. The number of nitriles is 1. The van der Waals surface area contributed by atoms with Gasteiger partial charge in [-0.15, -0.1) is 0 Å². The summed E-state index contributed by atoms with van der Waals surface area (Å²) in [7, 11) is -3.17. The molecule has 136 valence electrons. The van der Waals surface area contributed by atoms with E-state index >= 15 is 0 Å². The van der Waals surface area contributed by atoms with Crippen molar-refractivity contribution in [3.05, 3.63) is 65.2 Å². The number of hydrogen-bond acceptors (Lipinski definition) is 5. The van der Waals surface area contributed by atoms with Gasteiger partial charge in [-0.25, -0.2) is 0 Å². The maximum absolute atomic E-state index is 12.5. The molecule has 26 heavy (non-hydrogen) atoms. The van der Waals surface area contributed by atoms with E-state index in [4.69, 9.17) is 14.3 Å². The van der Waals surface area contributed by atoms with Crippen LogP contribution in [0.2, 0.25) is 0 Å². The number of amides is 1. The van der Waals surface area contributed by atoms with E-state index in [1.807, 2.05) is 6.07 Å². The Bertz CT molecular complexity index is 816. The Balaban J connectivity index is 2.04. The third kappa shape index (κ3) is 5.53. The SMILES string of the molecule is CCOP(=O)(Cc1ccc(C(=O)Nc2ccc(C#N)cc2)cc1)OCC. The Morgan fingerprint density at radius 3 is 2.12 bits per heavy atom. The number of rotatable bonds is 8. The minimum absolute atomic E-state index is 0.159. The summed E-state index contributed by atoms with van der Waals surface area (Å²) in [6.07, 6.45) is 0.159. The topological polar surface area (TPSA) is 88.4 Å². The molecule has 2 aromatic carbocycles. The van der Waals surface area contributed by atoms with Crippen molar-refractivity contribution in [2.75, 3.05) is 18.5 Å². The summed E-state index contributed by atoms with van der Waals surface area (Å²) in [4.78, 5) is 12.3. The molecule has 0 fully saturated rings. The molecule has 2 aromatic rings. The van der Waals surface area contributed by atoms with E-state index in [0.29, 0.717) is 30.0 Å². The zero-order chi connectivity index (χ0) is 19.0. The zero-order valence-corrected chi connectivity index (χ0v) is 15.7. The minimum Gasteiger partial charge on any atom is -0.322 e. The molecule has 0 aliphatic rings. The summed E-state index contributed by atoms with van der Waals surface area (Å²) >= 11 is 0. The standard InChI is InChI=1S/C19H21N2O4P/c1-3-24-26(23,25-4-2)14-16-5-9-17(10-6-16)19(22)21-18-11-7-15(13-20)8-12-18/h5-12H,3-4,14H2,1-2H3,(H,21,22). The van der Waals surface area contributed by atoms with Crippen LogP contribution in [0.5, 0.6) is 0 Å². The van der Waals surface area contributed by atoms with Crippen LogP contribution in [-0.4, -0.2) is 19.1 Å². The lowest BCUT2D eigenvalue weighted by molar-refractivity contribution is 0.102. The summed E-state index contributed by atoms with van der Waals surface area (Å²) < 4.78 is 23.1. The molecule has 1 amide bonds. The van der Waals surface area contributed by atoms with Crippen molar-refractivity contribution < 1.29 is 18.4 Å². The van der Waals surface area contributed by atoms with Crippen LogP contribution in [0.1, 0.15) is 35.3 Å². The average Bonchev–Trinajstić information content (AvgIpc) is 2.63. The second kappa shape index (κ2) is 9.30. The van der Waals surface area contributed by atoms with E-state index in [1.54, 1.807) is 62.4 Å². The summed E-state index contributed by atoms with van der Waals surface area (Å²) in [5.41, 5.74) is 2.38. The molecule has 0 saturated heterocycles. The van der Waals surface area contributed by atoms with Gasteiger partial charge in [0.05, 0.1) is 31.0 Å². The largest absolute Gasteiger partial charge is 0.335 e. The third-order valence-corrected chi connectivity index (χ3v) is 5.57. The monoisotopic (exact) mass is 372 g/mol. The first-order valence-electron chi connectivity index (χ1n) is 8.28. The summed E-state index contributed by atoms with van der Waals surface area (Å²) in [6, 6.07) is 15.4. The zero-order valence-electron chi connectivity index (χ0n) is 14.8. The van der Waals surface area contributed by atoms with Gasteiger partial charge in [0.2, 0.25) is 0 Å². The summed E-state index contributed by atoms with van der Waals surface area (Å²) in [6.45, 7) is 4.15. The maximum Gasteiger partial charge on any atom is 0.335 e. The molecule has 0 bridgehead atoms. The van der Waals surface area contributed by atoms with Crippen LogP contribution in [-0.2, 0) is 19.8 Å². The average molecular weight is 372 g/mol. The van der Waals surface area contributed by atoms with Gasteiger partial charge in [-0.2, -0.15) is 5.26 Å². The van der Waals surface area contributed by atoms with Gasteiger partial charge in [-0.1, -0.05) is 12.1 Å². The predicted octanol–water partition coefficient (Wildman–Crippen LogP) is 4.58. The van der Waals surface area contributed by atoms with Gasteiger partial charge in [-0.3, -0.25) is 9.36 Å². The quantitative estimate of drug-likeness (QED) is 0.686. The van der Waals surface area contributed by atoms with Gasteiger partial charge in [-0.05, 0) is 55.8 Å². The fourth-order valence-corrected chi connectivity index (χ4v) is 4.04. The normalized spacial score (nSPS) is 11.0. The van der Waals surface area contributed by atoms with Crippen molar-refractivity contribution in [2.24, 2.45) is 0 Å². The van der Waals surface area contributed by atoms with E-state index in [-0.39, 0.29) is 12.1 Å². The van der Waals surface area contributed by atoms with Crippen molar-refractivity contribution in [3.63, 3.8) is 0 Å². The first kappa shape index (κ1) is 19.9. The smallest absolute Gasteiger partial charge is 0.322 e. The van der Waals surface area contributed by atoms with E-state index in [1.165, 1.54) is 0 Å². The van der Waals surface area contributed by atoms with Crippen LogP contribution in [0, 0.1) is 11.3 Å². The number of hydrogen-bond donors (Lipinski definition) is 1. The van der Waals surface area contributed by atoms with Crippen LogP contribution >= 0.6 is 7.60 Å². The first-order valence-corrected chi connectivity index (χ1v) is 10.0. The van der Waals surface area contributed by atoms with Crippen molar-refractivity contribution >= 4 is 19.2 Å². The molecule has 0 saturated carbocycles. The van der Waals surface area contributed by atoms with Crippen LogP contribution in [0.3, 0.4) is 0 Å². The number of carbonyl (C=O) groups is 1. The lowest BCUT2D eigenvalue weighted by Crippen LogP contribution is -2.11. The van der Waals surface area contributed by atoms with Crippen LogP contribution in [0.4, 0.5) is 5.69 Å². The molecule has 0 spiro atoms. The second-order valence-electron chi connectivity index (χ2n) is 5.44. The van der Waals surface area contributed by atoms with E-state index < -0.39 is 7.60 Å². The Kier molecular flexibility index (Phi) is 7.11. The number of nitrogens with zero attached hydrogens (tertiary/aromatic N) is 1. The molecule has 0 unspecified atom stereocenters. The van der Waals surface area contributed by atoms with Gasteiger partial charge >= 0.3 is 7.60 Å². The van der Waals surface area contributed by atoms with Crippen molar-refractivity contribution in [3.8, 4) is 6.07 Å². The molecule has 0 radical (unpaired) electrons. The van der Waals surface area contributed by atoms with Crippen molar-refractivity contribution in [2.45, 2.75) is 20.0 Å². The van der Waals surface area contributed by atoms with Gasteiger partial charge < -0.3 is 14.4 Å². The minimum atomic E-state index is -3.17. The van der Waals surface area contributed by atoms with Crippen LogP contribution in [0.15, 0.2) is 48.5 Å². The molecule has 0 heterocycles. The number of carbonyl (C=O) groups excluding carboxylic acids is 1. The molecular weight excluding hydrogens is 351 g/mol. The highest BCUT2D eigenvalue weighted by Gasteiger charge is 2.24. The van der Waals surface area contributed by atoms with Crippen molar-refractivity contribution in [1.29, 1.82) is 5.26 Å².